The first-order valence-corrected chi connectivity index (χ1v) is 3.81. The molecule has 0 fully saturated rings. The fraction of sp³-hybridized carbons (Fsp3) is 0.833. The summed E-state index contributed by atoms with van der Waals surface area (Å²) in [6.07, 6.45) is -5.77. The molecular formula is C6H12O6S. The van der Waals surface area contributed by atoms with Crippen LogP contribution in [-0.2, 0) is 4.79 Å². The van der Waals surface area contributed by atoms with Crippen LogP contribution in [0, 0.1) is 0 Å². The van der Waals surface area contributed by atoms with Gasteiger partial charge in [-0.3, -0.25) is 4.79 Å². The summed E-state index contributed by atoms with van der Waals surface area (Å²) < 4.78 is 6.70. The highest BCUT2D eigenvalue weighted by molar-refractivity contribution is 7.82. The maximum atomic E-state index is 10.3. The molecule has 0 aromatic rings. The van der Waals surface area contributed by atoms with E-state index in [1.54, 1.807) is 0 Å². The second-order valence-corrected chi connectivity index (χ2v) is 3.21. The van der Waals surface area contributed by atoms with Crippen LogP contribution in [0.1, 0.15) is 0 Å². The Hall–Kier alpha value is -0.180. The number of carbonyl (C=O) groups excluding carboxylic acids is 1. The summed E-state index contributed by atoms with van der Waals surface area (Å²) in [5, 5.41) is 44.8. The highest BCUT2D eigenvalue weighted by Gasteiger charge is 2.39. The molecule has 0 spiro atoms. The van der Waals surface area contributed by atoms with Crippen molar-refractivity contribution in [2.45, 2.75) is 23.2 Å². The molecule has 0 heterocycles. The Morgan fingerprint density at radius 2 is 2.08 bits per heavy atom. The minimum Gasteiger partial charge on any atom is -0.394 e. The number of aliphatic hydroxyl groups is 5. The number of rotatable bonds is 6. The van der Waals surface area contributed by atoms with Crippen LogP contribution < -0.4 is 0 Å². The lowest BCUT2D eigenvalue weighted by Crippen LogP contribution is -2.51. The Kier molecular flexibility index (Phi) is 4.10. The summed E-state index contributed by atoms with van der Waals surface area (Å²) in [6, 6.07) is 0. The third-order valence-electron chi connectivity index (χ3n) is 1.50. The first-order valence-electron chi connectivity index (χ1n) is 3.81. The molecule has 78 valence electrons. The molecule has 0 aromatic carbocycles. The van der Waals surface area contributed by atoms with Gasteiger partial charge in [0.25, 0.3) is 0 Å². The number of hydrogen-bond donors (Lipinski definition) is 6. The second-order valence-electron chi connectivity index (χ2n) is 2.56. The van der Waals surface area contributed by atoms with Gasteiger partial charge in [0, 0.05) is 0 Å². The van der Waals surface area contributed by atoms with Gasteiger partial charge >= 0.3 is 0 Å². The second kappa shape index (κ2) is 4.89. The van der Waals surface area contributed by atoms with E-state index < -0.39 is 29.9 Å². The number of aliphatic hydroxyl groups excluding tert-OH is 4. The fourth-order valence-electron chi connectivity index (χ4n) is 0.633. The van der Waals surface area contributed by atoms with Crippen molar-refractivity contribution in [3.8, 4) is 0 Å². The molecule has 5 N–H and O–H groups in total. The molecule has 0 bridgehead atoms. The molecule has 6 nitrogen and oxygen atoms in total. The molecule has 0 aliphatic rings. The average molecular weight is 213 g/mol. The Bertz CT molecular complexity index is 193. The molecule has 0 saturated heterocycles. The van der Waals surface area contributed by atoms with Crippen LogP contribution in [0.4, 0.5) is 0 Å². The molecule has 0 rings (SSSR count). The van der Waals surface area contributed by atoms with Gasteiger partial charge in [0.1, 0.15) is 19.4 Å². The largest absolute Gasteiger partial charge is 0.394 e. The minimum absolute atomic E-state index is 0.122. The Labute approximate surface area is 80.9 Å². The molecule has 7 heteroatoms. The van der Waals surface area contributed by atoms with Crippen molar-refractivity contribution in [3.05, 3.63) is 0 Å². The van der Waals surface area contributed by atoms with Gasteiger partial charge in [-0.1, -0.05) is 0 Å². The van der Waals surface area contributed by atoms with Crippen LogP contribution >= 0.6 is 12.5 Å². The summed E-state index contributed by atoms with van der Waals surface area (Å²) in [6.45, 7) is -0.837. The number of aldehydes is 1. The minimum atomic E-state index is -2.52. The first kappa shape index (κ1) is 10.9. The van der Waals surface area contributed by atoms with E-state index in [0.717, 1.165) is 0 Å². The number of carbonyl (C=O) groups is 1. The predicted molar refractivity (Wildman–Crippen MR) is 45.1 cm³/mol. The number of hydrogen-bond acceptors (Lipinski definition) is 7. The van der Waals surface area contributed by atoms with Gasteiger partial charge in [0.05, 0.1) is 6.61 Å². The molecule has 0 radical (unpaired) electrons. The summed E-state index contributed by atoms with van der Waals surface area (Å²) in [7, 11) is 0. The van der Waals surface area contributed by atoms with Crippen molar-refractivity contribution < 1.29 is 30.3 Å². The zero-order chi connectivity index (χ0) is 11.4. The highest BCUT2D eigenvalue weighted by atomic mass is 32.1. The van der Waals surface area contributed by atoms with Crippen LogP contribution in [0.25, 0.3) is 0 Å². The molecule has 0 saturated carbocycles. The molecular weight excluding hydrogens is 200 g/mol. The third-order valence-corrected chi connectivity index (χ3v) is 1.84. The molecule has 0 aromatic heterocycles. The summed E-state index contributed by atoms with van der Waals surface area (Å²) >= 11 is -0.129. The van der Waals surface area contributed by atoms with E-state index in [0.29, 0.717) is 0 Å². The molecule has 0 aliphatic heterocycles. The molecule has 0 aliphatic carbocycles. The van der Waals surface area contributed by atoms with Gasteiger partial charge in [-0.05, 0) is 0 Å². The number of thiol groups is 1. The van der Waals surface area contributed by atoms with Gasteiger partial charge < -0.3 is 25.5 Å². The highest BCUT2D eigenvalue weighted by Crippen LogP contribution is 2.17. The Balaban J connectivity index is 4.57. The SMILES string of the molecule is [2H]S[C@](O)(C=O)[C@@H](O)[C@H](O)[C@H](O)CO. The van der Waals surface area contributed by atoms with E-state index in [-0.39, 0.29) is 18.8 Å². The van der Waals surface area contributed by atoms with E-state index in [1.807, 2.05) is 0 Å². The van der Waals surface area contributed by atoms with Crippen LogP contribution in [0.3, 0.4) is 0 Å². The van der Waals surface area contributed by atoms with Crippen LogP contribution in [0.2, 0.25) is 0 Å². The van der Waals surface area contributed by atoms with Gasteiger partial charge in [0.15, 0.2) is 11.2 Å². The lowest BCUT2D eigenvalue weighted by molar-refractivity contribution is -0.142. The van der Waals surface area contributed by atoms with Crippen LogP contribution in [0.15, 0.2) is 0 Å². The van der Waals surface area contributed by atoms with Crippen molar-refractivity contribution in [2.24, 2.45) is 0 Å². The van der Waals surface area contributed by atoms with Gasteiger partial charge in [-0.25, -0.2) is 0 Å². The van der Waals surface area contributed by atoms with Crippen molar-refractivity contribution in [3.63, 3.8) is 0 Å². The Morgan fingerprint density at radius 1 is 1.54 bits per heavy atom. The smallest absolute Gasteiger partial charge is 0.192 e. The van der Waals surface area contributed by atoms with Crippen LogP contribution in [-0.4, -0.2) is 62.8 Å². The van der Waals surface area contributed by atoms with E-state index in [2.05, 4.69) is 0 Å². The quantitative estimate of drug-likeness (QED) is 0.158. The Morgan fingerprint density at radius 3 is 2.38 bits per heavy atom. The average Bonchev–Trinajstić information content (AvgIpc) is 2.24. The molecule has 0 amide bonds. The lowest BCUT2D eigenvalue weighted by atomic mass is 10.0. The molecule has 4 atom stereocenters. The monoisotopic (exact) mass is 213 g/mol. The topological polar surface area (TPSA) is 118 Å². The van der Waals surface area contributed by atoms with Crippen molar-refractivity contribution in [2.75, 3.05) is 6.61 Å². The van der Waals surface area contributed by atoms with E-state index in [9.17, 15) is 15.0 Å². The van der Waals surface area contributed by atoms with E-state index in [1.165, 1.54) is 0 Å². The van der Waals surface area contributed by atoms with Crippen molar-refractivity contribution in [1.82, 2.24) is 0 Å². The maximum absolute atomic E-state index is 10.3. The van der Waals surface area contributed by atoms with E-state index >= 15 is 0 Å². The van der Waals surface area contributed by atoms with Crippen molar-refractivity contribution in [1.29, 1.82) is 1.12 Å². The zero-order valence-electron chi connectivity index (χ0n) is 7.57. The summed E-state index contributed by atoms with van der Waals surface area (Å²) in [5.74, 6) is 0. The van der Waals surface area contributed by atoms with Crippen molar-refractivity contribution >= 4 is 18.8 Å². The molecule has 13 heavy (non-hydrogen) atoms. The van der Waals surface area contributed by atoms with Gasteiger partial charge in [-0.15, -0.1) is 12.5 Å². The van der Waals surface area contributed by atoms with Gasteiger partial charge in [-0.2, -0.15) is 0 Å². The summed E-state index contributed by atoms with van der Waals surface area (Å²) in [4.78, 5) is 7.79. The maximum Gasteiger partial charge on any atom is 0.192 e. The fourth-order valence-corrected chi connectivity index (χ4v) is 0.772. The van der Waals surface area contributed by atoms with Crippen LogP contribution in [0.5, 0.6) is 0 Å². The predicted octanol–water partition coefficient (Wildman–Crippen LogP) is -3.12. The van der Waals surface area contributed by atoms with Gasteiger partial charge in [0.2, 0.25) is 0 Å². The first-order chi connectivity index (χ1) is 6.42. The zero-order valence-corrected chi connectivity index (χ0v) is 7.39. The normalized spacial score (nSPS) is 23.9. The summed E-state index contributed by atoms with van der Waals surface area (Å²) in [5.41, 5.74) is 0. The third kappa shape index (κ3) is 3.22. The molecule has 0 unspecified atom stereocenters. The standard InChI is InChI=1S/C6H12O6S/c7-1-3(9)4(10)5(11)6(12,13)2-8/h2-5,7,9-13H,1H2/t3-,4-,5+,6-/m1/s1/i/hD. The van der Waals surface area contributed by atoms with E-state index in [4.69, 9.17) is 16.4 Å². The lowest BCUT2D eigenvalue weighted by Gasteiger charge is -2.28.